The third-order valence-corrected chi connectivity index (χ3v) is 5.49. The van der Waals surface area contributed by atoms with Gasteiger partial charge in [-0.3, -0.25) is 10.1 Å². The second-order valence-electron chi connectivity index (χ2n) is 8.00. The molecule has 0 saturated heterocycles. The van der Waals surface area contributed by atoms with Gasteiger partial charge in [-0.2, -0.15) is 0 Å². The number of rotatable bonds is 8. The van der Waals surface area contributed by atoms with Gasteiger partial charge in [-0.15, -0.1) is 0 Å². The summed E-state index contributed by atoms with van der Waals surface area (Å²) in [4.78, 5) is 12.3. The van der Waals surface area contributed by atoms with E-state index in [4.69, 9.17) is 5.73 Å². The molecule has 3 aromatic rings. The lowest BCUT2D eigenvalue weighted by Crippen LogP contribution is -2.36. The molecule has 156 valence electrons. The molecule has 0 saturated carbocycles. The molecule has 3 rings (SSSR count). The topological polar surface area (TPSA) is 55.1 Å². The zero-order valence-corrected chi connectivity index (χ0v) is 17.8. The van der Waals surface area contributed by atoms with Crippen LogP contribution in [0.4, 0.5) is 4.39 Å². The fourth-order valence-corrected chi connectivity index (χ4v) is 3.60. The first-order chi connectivity index (χ1) is 14.3. The van der Waals surface area contributed by atoms with Gasteiger partial charge < -0.3 is 5.73 Å². The molecule has 3 aromatic carbocycles. The molecule has 2 atom stereocenters. The second-order valence-corrected chi connectivity index (χ2v) is 8.00. The molecular formula is C26H29FN2O. The summed E-state index contributed by atoms with van der Waals surface area (Å²) in [5.41, 5.74) is 11.7. The van der Waals surface area contributed by atoms with E-state index in [1.807, 2.05) is 37.3 Å². The monoisotopic (exact) mass is 404 g/mol. The van der Waals surface area contributed by atoms with Crippen LogP contribution in [-0.2, 0) is 11.2 Å². The van der Waals surface area contributed by atoms with Gasteiger partial charge >= 0.3 is 0 Å². The number of amides is 1. The Labute approximate surface area is 178 Å². The van der Waals surface area contributed by atoms with Crippen molar-refractivity contribution in [3.8, 4) is 0 Å². The first kappa shape index (κ1) is 21.7. The minimum Gasteiger partial charge on any atom is -0.368 e. The highest BCUT2D eigenvalue weighted by Gasteiger charge is 2.23. The zero-order chi connectivity index (χ0) is 21.7. The molecule has 1 amide bonds. The Kier molecular flexibility index (Phi) is 7.01. The van der Waals surface area contributed by atoms with Crippen molar-refractivity contribution in [1.82, 2.24) is 5.32 Å². The summed E-state index contributed by atoms with van der Waals surface area (Å²) in [6, 6.07) is 20.5. The van der Waals surface area contributed by atoms with Gasteiger partial charge in [0.1, 0.15) is 11.9 Å². The maximum atomic E-state index is 13.8. The smallest absolute Gasteiger partial charge is 0.239 e. The highest BCUT2D eigenvalue weighted by atomic mass is 19.1. The molecule has 0 aliphatic carbocycles. The Balaban J connectivity index is 1.88. The predicted molar refractivity (Wildman–Crippen MR) is 120 cm³/mol. The van der Waals surface area contributed by atoms with Gasteiger partial charge in [-0.1, -0.05) is 71.8 Å². The van der Waals surface area contributed by atoms with Crippen molar-refractivity contribution in [2.24, 2.45) is 5.73 Å². The lowest BCUT2D eigenvalue weighted by Gasteiger charge is -2.25. The highest BCUT2D eigenvalue weighted by Crippen LogP contribution is 2.26. The van der Waals surface area contributed by atoms with E-state index in [0.29, 0.717) is 5.56 Å². The van der Waals surface area contributed by atoms with Crippen molar-refractivity contribution < 1.29 is 9.18 Å². The van der Waals surface area contributed by atoms with Crippen molar-refractivity contribution in [1.29, 1.82) is 0 Å². The summed E-state index contributed by atoms with van der Waals surface area (Å²) < 4.78 is 13.8. The van der Waals surface area contributed by atoms with Gasteiger partial charge in [-0.05, 0) is 61.9 Å². The third-order valence-electron chi connectivity index (χ3n) is 5.49. The number of benzene rings is 3. The van der Waals surface area contributed by atoms with Crippen molar-refractivity contribution in [3.05, 3.63) is 106 Å². The third kappa shape index (κ3) is 5.55. The highest BCUT2D eigenvalue weighted by molar-refractivity contribution is 5.81. The summed E-state index contributed by atoms with van der Waals surface area (Å²) in [6.07, 6.45) is 1.58. The number of carbonyl (C=O) groups excluding carboxylic acids is 1. The number of primary amides is 1. The van der Waals surface area contributed by atoms with Crippen LogP contribution in [0.15, 0.2) is 66.7 Å². The molecule has 4 heteroatoms. The Morgan fingerprint density at radius 2 is 1.47 bits per heavy atom. The van der Waals surface area contributed by atoms with Crippen LogP contribution in [0.5, 0.6) is 0 Å². The van der Waals surface area contributed by atoms with Crippen LogP contribution in [0.3, 0.4) is 0 Å². The molecular weight excluding hydrogens is 375 g/mol. The number of aryl methyl sites for hydroxylation is 4. The van der Waals surface area contributed by atoms with Crippen molar-refractivity contribution in [2.45, 2.75) is 45.7 Å². The van der Waals surface area contributed by atoms with Gasteiger partial charge in [-0.25, -0.2) is 4.39 Å². The number of halogens is 1. The number of hydrogen-bond donors (Lipinski definition) is 2. The second kappa shape index (κ2) is 9.68. The van der Waals surface area contributed by atoms with Crippen LogP contribution in [0.2, 0.25) is 0 Å². The van der Waals surface area contributed by atoms with Gasteiger partial charge in [0.25, 0.3) is 0 Å². The van der Waals surface area contributed by atoms with Crippen LogP contribution in [0.1, 0.15) is 51.9 Å². The Morgan fingerprint density at radius 3 is 2.03 bits per heavy atom. The first-order valence-electron chi connectivity index (χ1n) is 10.3. The minimum atomic E-state index is -0.626. The Hall–Kier alpha value is -2.98. The van der Waals surface area contributed by atoms with Crippen LogP contribution >= 0.6 is 0 Å². The molecule has 0 fully saturated rings. The number of nitrogens with two attached hydrogens (primary N) is 1. The van der Waals surface area contributed by atoms with E-state index in [-0.39, 0.29) is 11.9 Å². The average molecular weight is 405 g/mol. The molecule has 0 radical (unpaired) electrons. The van der Waals surface area contributed by atoms with Crippen molar-refractivity contribution >= 4 is 5.91 Å². The van der Waals surface area contributed by atoms with E-state index in [9.17, 15) is 9.18 Å². The van der Waals surface area contributed by atoms with E-state index in [0.717, 1.165) is 29.5 Å². The summed E-state index contributed by atoms with van der Waals surface area (Å²) in [5, 5.41) is 3.44. The quantitative estimate of drug-likeness (QED) is 0.539. The molecule has 3 N–H and O–H groups in total. The minimum absolute atomic E-state index is 0.149. The standard InChI is InChI=1S/C26H29FN2O/c1-17-4-8-20(9-5-17)10-15-24(22-13-14-23(27)19(3)16-22)29-25(26(28)30)21-11-6-18(2)7-12-21/h4-9,11-14,16,24-25,29H,10,15H2,1-3H3,(H2,28,30)/t24-,25+/m1/s1. The maximum absolute atomic E-state index is 13.8. The largest absolute Gasteiger partial charge is 0.368 e. The molecule has 30 heavy (non-hydrogen) atoms. The van der Waals surface area contributed by atoms with Gasteiger partial charge in [0.05, 0.1) is 0 Å². The van der Waals surface area contributed by atoms with E-state index >= 15 is 0 Å². The molecule has 0 unspecified atom stereocenters. The summed E-state index contributed by atoms with van der Waals surface area (Å²) in [5.74, 6) is -0.668. The SMILES string of the molecule is Cc1ccc(CC[C@@H](N[C@H](C(N)=O)c2ccc(C)cc2)c2ccc(F)c(C)c2)cc1. The molecule has 0 aliphatic rings. The fraction of sp³-hybridized carbons (Fsp3) is 0.269. The summed E-state index contributed by atoms with van der Waals surface area (Å²) >= 11 is 0. The molecule has 0 aliphatic heterocycles. The van der Waals surface area contributed by atoms with Gasteiger partial charge in [0.15, 0.2) is 0 Å². The lowest BCUT2D eigenvalue weighted by molar-refractivity contribution is -0.120. The van der Waals surface area contributed by atoms with Crippen LogP contribution < -0.4 is 11.1 Å². The van der Waals surface area contributed by atoms with Crippen LogP contribution in [0, 0.1) is 26.6 Å². The predicted octanol–water partition coefficient (Wildman–Crippen LogP) is 5.24. The lowest BCUT2D eigenvalue weighted by atomic mass is 9.95. The molecule has 0 aromatic heterocycles. The normalized spacial score (nSPS) is 13.1. The number of hydrogen-bond acceptors (Lipinski definition) is 2. The fourth-order valence-electron chi connectivity index (χ4n) is 3.60. The van der Waals surface area contributed by atoms with Crippen LogP contribution in [0.25, 0.3) is 0 Å². The zero-order valence-electron chi connectivity index (χ0n) is 17.8. The van der Waals surface area contributed by atoms with E-state index in [1.165, 1.54) is 17.2 Å². The summed E-state index contributed by atoms with van der Waals surface area (Å²) in [7, 11) is 0. The van der Waals surface area contributed by atoms with E-state index < -0.39 is 11.9 Å². The van der Waals surface area contributed by atoms with Crippen molar-refractivity contribution in [2.75, 3.05) is 0 Å². The molecule has 0 heterocycles. The van der Waals surface area contributed by atoms with Crippen molar-refractivity contribution in [3.63, 3.8) is 0 Å². The van der Waals surface area contributed by atoms with Gasteiger partial charge in [0, 0.05) is 6.04 Å². The van der Waals surface area contributed by atoms with E-state index in [2.05, 4.69) is 36.5 Å². The molecule has 0 spiro atoms. The molecule has 3 nitrogen and oxygen atoms in total. The van der Waals surface area contributed by atoms with Gasteiger partial charge in [0.2, 0.25) is 5.91 Å². The summed E-state index contributed by atoms with van der Waals surface area (Å²) in [6.45, 7) is 5.82. The Morgan fingerprint density at radius 1 is 0.900 bits per heavy atom. The Bertz CT molecular complexity index is 997. The average Bonchev–Trinajstić information content (AvgIpc) is 2.72. The first-order valence-corrected chi connectivity index (χ1v) is 10.3. The van der Waals surface area contributed by atoms with E-state index in [1.54, 1.807) is 13.0 Å². The molecule has 0 bridgehead atoms. The van der Waals surface area contributed by atoms with Crippen LogP contribution in [-0.4, -0.2) is 5.91 Å². The number of carbonyl (C=O) groups is 1. The maximum Gasteiger partial charge on any atom is 0.239 e. The number of nitrogens with one attached hydrogen (secondary N) is 1.